The second-order valence-corrected chi connectivity index (χ2v) is 14.1. The average molecular weight is 568 g/mol. The Kier molecular flexibility index (Phi) is 6.72. The van der Waals surface area contributed by atoms with E-state index in [1.165, 1.54) is 22.1 Å². The zero-order valence-electron chi connectivity index (χ0n) is 26.8. The van der Waals surface area contributed by atoms with Gasteiger partial charge in [0.1, 0.15) is 11.6 Å². The maximum absolute atomic E-state index is 10.9. The Hall–Kier alpha value is -4.44. The molecule has 0 unspecified atom stereocenters. The first-order valence-corrected chi connectivity index (χ1v) is 15.0. The molecule has 0 aliphatic carbocycles. The van der Waals surface area contributed by atoms with Gasteiger partial charge in [-0.15, -0.1) is 0 Å². The SMILES string of the molecule is Cc1cc(-c2cc(C)cc3c(C(C)(C)C)ccnc23)cc(-c2cccc3c2nc(-c2cc(C(C)(C)C)ccc2O)n3C)c1. The van der Waals surface area contributed by atoms with Gasteiger partial charge in [-0.05, 0) is 101 Å². The van der Waals surface area contributed by atoms with Crippen LogP contribution < -0.4 is 0 Å². The molecular weight excluding hydrogens is 526 g/mol. The predicted octanol–water partition coefficient (Wildman–Crippen LogP) is 10.0. The van der Waals surface area contributed by atoms with Gasteiger partial charge in [0.25, 0.3) is 0 Å². The van der Waals surface area contributed by atoms with E-state index in [0.717, 1.165) is 55.8 Å². The van der Waals surface area contributed by atoms with Crippen LogP contribution in [0.15, 0.2) is 79.0 Å². The predicted molar refractivity (Wildman–Crippen MR) is 181 cm³/mol. The monoisotopic (exact) mass is 567 g/mol. The second-order valence-electron chi connectivity index (χ2n) is 14.1. The summed E-state index contributed by atoms with van der Waals surface area (Å²) in [5.41, 5.74) is 13.0. The minimum atomic E-state index is -0.0430. The van der Waals surface area contributed by atoms with Crippen LogP contribution in [0.3, 0.4) is 0 Å². The summed E-state index contributed by atoms with van der Waals surface area (Å²) in [5, 5.41) is 12.1. The van der Waals surface area contributed by atoms with Crippen LogP contribution in [0.25, 0.3) is 55.6 Å². The van der Waals surface area contributed by atoms with E-state index < -0.39 is 0 Å². The number of aryl methyl sites for hydroxylation is 3. The molecule has 4 nitrogen and oxygen atoms in total. The molecule has 4 heteroatoms. The van der Waals surface area contributed by atoms with Crippen LogP contribution in [0.1, 0.15) is 63.8 Å². The number of benzene rings is 4. The Balaban J connectivity index is 1.55. The maximum atomic E-state index is 10.9. The lowest BCUT2D eigenvalue weighted by Gasteiger charge is -2.22. The third kappa shape index (κ3) is 5.09. The van der Waals surface area contributed by atoms with Gasteiger partial charge < -0.3 is 9.67 Å². The molecule has 43 heavy (non-hydrogen) atoms. The maximum Gasteiger partial charge on any atom is 0.144 e. The molecule has 0 amide bonds. The topological polar surface area (TPSA) is 50.9 Å². The first-order chi connectivity index (χ1) is 20.2. The average Bonchev–Trinajstić information content (AvgIpc) is 3.27. The molecule has 0 bridgehead atoms. The first kappa shape index (κ1) is 28.7. The molecule has 0 spiro atoms. The number of hydrogen-bond acceptors (Lipinski definition) is 3. The van der Waals surface area contributed by atoms with Gasteiger partial charge in [-0.2, -0.15) is 0 Å². The van der Waals surface area contributed by atoms with Crippen LogP contribution >= 0.6 is 0 Å². The highest BCUT2D eigenvalue weighted by Gasteiger charge is 2.22. The van der Waals surface area contributed by atoms with Gasteiger partial charge in [0.05, 0.1) is 22.1 Å². The lowest BCUT2D eigenvalue weighted by atomic mass is 9.83. The van der Waals surface area contributed by atoms with Gasteiger partial charge in [0, 0.05) is 29.8 Å². The minimum absolute atomic E-state index is 0.0111. The second kappa shape index (κ2) is 10.1. The zero-order valence-corrected chi connectivity index (χ0v) is 26.8. The molecule has 2 aromatic heterocycles. The van der Waals surface area contributed by atoms with Gasteiger partial charge in [0.15, 0.2) is 0 Å². The van der Waals surface area contributed by atoms with Crippen LogP contribution in [-0.2, 0) is 17.9 Å². The number of aromatic nitrogens is 3. The number of aromatic hydroxyl groups is 1. The Morgan fingerprint density at radius 1 is 0.674 bits per heavy atom. The highest BCUT2D eigenvalue weighted by Crippen LogP contribution is 2.40. The van der Waals surface area contributed by atoms with Crippen molar-refractivity contribution in [1.82, 2.24) is 14.5 Å². The normalized spacial score (nSPS) is 12.4. The highest BCUT2D eigenvalue weighted by molar-refractivity contribution is 5.99. The number of pyridine rings is 1. The molecule has 0 atom stereocenters. The van der Waals surface area contributed by atoms with Crippen molar-refractivity contribution in [3.8, 4) is 39.4 Å². The summed E-state index contributed by atoms with van der Waals surface area (Å²) in [4.78, 5) is 10.1. The number of fused-ring (bicyclic) bond motifs is 2. The standard InChI is InChI=1S/C39H41N3O/c1-23-17-25(21-26(18-23)29-19-24(2)20-30-32(39(6,7)8)15-16-40-35(29)30)28-11-10-12-33-36(28)41-37(42(33)9)31-22-27(38(3,4)5)13-14-34(31)43/h10-22,43H,1-9H3. The quantitative estimate of drug-likeness (QED) is 0.231. The van der Waals surface area contributed by atoms with Crippen LogP contribution in [0.4, 0.5) is 0 Å². The van der Waals surface area contributed by atoms with Crippen LogP contribution in [0.5, 0.6) is 5.75 Å². The molecule has 0 saturated heterocycles. The van der Waals surface area contributed by atoms with Crippen molar-refractivity contribution in [3.63, 3.8) is 0 Å². The molecule has 6 rings (SSSR count). The molecule has 0 aliphatic heterocycles. The number of nitrogens with zero attached hydrogens (tertiary/aromatic N) is 3. The van der Waals surface area contributed by atoms with E-state index in [2.05, 4.69) is 121 Å². The molecule has 0 radical (unpaired) electrons. The molecular formula is C39H41N3O. The molecule has 218 valence electrons. The molecule has 6 aromatic rings. The van der Waals surface area contributed by atoms with Crippen molar-refractivity contribution in [2.24, 2.45) is 7.05 Å². The molecule has 2 heterocycles. The number of hydrogen-bond donors (Lipinski definition) is 1. The third-order valence-electron chi connectivity index (χ3n) is 8.51. The zero-order chi connectivity index (χ0) is 30.8. The Morgan fingerprint density at radius 2 is 1.37 bits per heavy atom. The van der Waals surface area contributed by atoms with Gasteiger partial charge in [-0.25, -0.2) is 4.98 Å². The first-order valence-electron chi connectivity index (χ1n) is 15.0. The van der Waals surface area contributed by atoms with Crippen LogP contribution in [0, 0.1) is 13.8 Å². The molecule has 0 fully saturated rings. The van der Waals surface area contributed by atoms with Crippen molar-refractivity contribution < 1.29 is 5.11 Å². The summed E-state index contributed by atoms with van der Waals surface area (Å²) in [5.74, 6) is 0.988. The summed E-state index contributed by atoms with van der Waals surface area (Å²) >= 11 is 0. The summed E-state index contributed by atoms with van der Waals surface area (Å²) in [6, 6.07) is 25.6. The fraction of sp³-hybridized carbons (Fsp3) is 0.282. The lowest BCUT2D eigenvalue weighted by molar-refractivity contribution is 0.475. The van der Waals surface area contributed by atoms with E-state index in [0.29, 0.717) is 0 Å². The smallest absolute Gasteiger partial charge is 0.144 e. The largest absolute Gasteiger partial charge is 0.507 e. The fourth-order valence-electron chi connectivity index (χ4n) is 6.24. The van der Waals surface area contributed by atoms with Crippen molar-refractivity contribution in [1.29, 1.82) is 0 Å². The van der Waals surface area contributed by atoms with E-state index in [4.69, 9.17) is 9.97 Å². The lowest BCUT2D eigenvalue weighted by Crippen LogP contribution is -2.12. The summed E-state index contributed by atoms with van der Waals surface area (Å²) in [6.07, 6.45) is 1.94. The summed E-state index contributed by atoms with van der Waals surface area (Å²) in [6.45, 7) is 17.6. The number of phenols is 1. The number of para-hydroxylation sites is 1. The summed E-state index contributed by atoms with van der Waals surface area (Å²) in [7, 11) is 2.02. The molecule has 1 N–H and O–H groups in total. The van der Waals surface area contributed by atoms with Crippen molar-refractivity contribution in [2.75, 3.05) is 0 Å². The van der Waals surface area contributed by atoms with Crippen molar-refractivity contribution >= 4 is 21.9 Å². The number of rotatable bonds is 3. The van der Waals surface area contributed by atoms with Gasteiger partial charge in [-0.1, -0.05) is 71.9 Å². The number of phenolic OH excluding ortho intramolecular Hbond substituents is 1. The van der Waals surface area contributed by atoms with Crippen molar-refractivity contribution in [2.45, 2.75) is 66.2 Å². The Morgan fingerprint density at radius 3 is 2.07 bits per heavy atom. The van der Waals surface area contributed by atoms with Crippen molar-refractivity contribution in [3.05, 3.63) is 101 Å². The van der Waals surface area contributed by atoms with Crippen LogP contribution in [-0.4, -0.2) is 19.6 Å². The highest BCUT2D eigenvalue weighted by atomic mass is 16.3. The molecule has 0 saturated carbocycles. The third-order valence-corrected chi connectivity index (χ3v) is 8.51. The Labute approximate surface area is 255 Å². The Bertz CT molecular complexity index is 2030. The fourth-order valence-corrected chi connectivity index (χ4v) is 6.24. The minimum Gasteiger partial charge on any atom is -0.507 e. The van der Waals surface area contributed by atoms with E-state index in [1.54, 1.807) is 6.07 Å². The van der Waals surface area contributed by atoms with Crippen LogP contribution in [0.2, 0.25) is 0 Å². The van der Waals surface area contributed by atoms with Gasteiger partial charge >= 0.3 is 0 Å². The number of imidazole rings is 1. The van der Waals surface area contributed by atoms with E-state index in [9.17, 15) is 5.11 Å². The summed E-state index contributed by atoms with van der Waals surface area (Å²) < 4.78 is 2.09. The van der Waals surface area contributed by atoms with Gasteiger partial charge in [0.2, 0.25) is 0 Å². The van der Waals surface area contributed by atoms with E-state index in [1.807, 2.05) is 19.3 Å². The molecule has 0 aliphatic rings. The van der Waals surface area contributed by atoms with E-state index in [-0.39, 0.29) is 16.6 Å². The van der Waals surface area contributed by atoms with E-state index >= 15 is 0 Å². The molecule has 4 aromatic carbocycles. The van der Waals surface area contributed by atoms with Gasteiger partial charge in [-0.3, -0.25) is 4.98 Å².